The topological polar surface area (TPSA) is 78.7 Å². The van der Waals surface area contributed by atoms with Crippen LogP contribution in [0.2, 0.25) is 0 Å². The maximum Gasteiger partial charge on any atom is 0.246 e. The number of carbonyl (C=O) groups is 2. The van der Waals surface area contributed by atoms with Crippen LogP contribution in [0.5, 0.6) is 0 Å². The van der Waals surface area contributed by atoms with E-state index >= 15 is 0 Å². The van der Waals surface area contributed by atoms with Gasteiger partial charge in [0.15, 0.2) is 5.76 Å². The van der Waals surface area contributed by atoms with Gasteiger partial charge < -0.3 is 14.6 Å². The molecule has 7 heteroatoms. The Morgan fingerprint density at radius 3 is 2.64 bits per heavy atom. The van der Waals surface area contributed by atoms with E-state index in [2.05, 4.69) is 36.0 Å². The SMILES string of the molecule is CCCCN1C(=O)C(CC(C)C)NC(=O)C12CCN(Cc1ccc(-c3ccccn3)o1)CC2. The maximum atomic E-state index is 13.4. The molecule has 33 heavy (non-hydrogen) atoms. The van der Waals surface area contributed by atoms with Crippen LogP contribution >= 0.6 is 0 Å². The predicted molar refractivity (Wildman–Crippen MR) is 127 cm³/mol. The van der Waals surface area contributed by atoms with Crippen molar-refractivity contribution >= 4 is 11.8 Å². The lowest BCUT2D eigenvalue weighted by atomic mass is 9.80. The number of furan rings is 1. The van der Waals surface area contributed by atoms with E-state index in [-0.39, 0.29) is 11.8 Å². The van der Waals surface area contributed by atoms with Gasteiger partial charge in [0, 0.05) is 25.8 Å². The molecule has 1 atom stereocenters. The third-order valence-corrected chi connectivity index (χ3v) is 6.89. The number of amides is 2. The minimum absolute atomic E-state index is 0.0268. The van der Waals surface area contributed by atoms with Gasteiger partial charge in [-0.2, -0.15) is 0 Å². The highest BCUT2D eigenvalue weighted by Crippen LogP contribution is 2.35. The van der Waals surface area contributed by atoms with Crippen LogP contribution in [0.15, 0.2) is 40.9 Å². The van der Waals surface area contributed by atoms with Crippen LogP contribution in [0.1, 0.15) is 58.6 Å². The van der Waals surface area contributed by atoms with Crippen molar-refractivity contribution in [3.8, 4) is 11.5 Å². The highest BCUT2D eigenvalue weighted by Gasteiger charge is 2.53. The van der Waals surface area contributed by atoms with Gasteiger partial charge in [0.05, 0.1) is 6.54 Å². The number of likely N-dealkylation sites (tertiary alicyclic amines) is 1. The fourth-order valence-electron chi connectivity index (χ4n) is 5.06. The number of carbonyl (C=O) groups excluding carboxylic acids is 2. The van der Waals surface area contributed by atoms with Gasteiger partial charge in [-0.25, -0.2) is 0 Å². The summed E-state index contributed by atoms with van der Waals surface area (Å²) in [7, 11) is 0. The molecule has 2 aromatic rings. The van der Waals surface area contributed by atoms with E-state index in [1.54, 1.807) is 6.20 Å². The lowest BCUT2D eigenvalue weighted by Crippen LogP contribution is -2.73. The number of piperidine rings is 1. The first kappa shape index (κ1) is 23.5. The molecule has 0 aromatic carbocycles. The molecule has 1 spiro atoms. The molecule has 0 radical (unpaired) electrons. The van der Waals surface area contributed by atoms with E-state index in [1.165, 1.54) is 0 Å². The van der Waals surface area contributed by atoms with Crippen molar-refractivity contribution in [1.82, 2.24) is 20.1 Å². The summed E-state index contributed by atoms with van der Waals surface area (Å²) < 4.78 is 6.02. The molecule has 0 aliphatic carbocycles. The summed E-state index contributed by atoms with van der Waals surface area (Å²) in [5.41, 5.74) is 0.0969. The fraction of sp³-hybridized carbons (Fsp3) is 0.577. The van der Waals surface area contributed by atoms with Crippen molar-refractivity contribution in [2.45, 2.75) is 71.0 Å². The van der Waals surface area contributed by atoms with Crippen LogP contribution in [-0.2, 0) is 16.1 Å². The van der Waals surface area contributed by atoms with Crippen LogP contribution in [-0.4, -0.2) is 57.8 Å². The third-order valence-electron chi connectivity index (χ3n) is 6.89. The molecule has 4 rings (SSSR count). The molecule has 1 unspecified atom stereocenters. The molecule has 0 bridgehead atoms. The van der Waals surface area contributed by atoms with Crippen LogP contribution < -0.4 is 5.32 Å². The number of piperazine rings is 1. The summed E-state index contributed by atoms with van der Waals surface area (Å²) in [4.78, 5) is 35.3. The zero-order chi connectivity index (χ0) is 23.4. The number of hydrogen-bond acceptors (Lipinski definition) is 5. The number of aromatic nitrogens is 1. The highest BCUT2D eigenvalue weighted by molar-refractivity contribution is 6.00. The molecule has 2 aromatic heterocycles. The monoisotopic (exact) mass is 452 g/mol. The summed E-state index contributed by atoms with van der Waals surface area (Å²) in [6.45, 7) is 9.14. The quantitative estimate of drug-likeness (QED) is 0.658. The number of nitrogens with zero attached hydrogens (tertiary/aromatic N) is 3. The van der Waals surface area contributed by atoms with E-state index in [9.17, 15) is 9.59 Å². The van der Waals surface area contributed by atoms with Crippen molar-refractivity contribution in [2.24, 2.45) is 5.92 Å². The van der Waals surface area contributed by atoms with Crippen molar-refractivity contribution in [3.05, 3.63) is 42.3 Å². The molecule has 2 aliphatic rings. The van der Waals surface area contributed by atoms with Gasteiger partial charge in [0.1, 0.15) is 23.0 Å². The molecule has 2 amide bonds. The Labute approximate surface area is 196 Å². The number of rotatable bonds is 8. The van der Waals surface area contributed by atoms with E-state index in [0.29, 0.717) is 38.3 Å². The van der Waals surface area contributed by atoms with Crippen LogP contribution in [0.25, 0.3) is 11.5 Å². The average molecular weight is 453 g/mol. The normalized spacial score (nSPS) is 21.1. The maximum absolute atomic E-state index is 13.4. The Morgan fingerprint density at radius 2 is 1.97 bits per heavy atom. The van der Waals surface area contributed by atoms with Gasteiger partial charge in [-0.1, -0.05) is 33.3 Å². The Morgan fingerprint density at radius 1 is 1.18 bits per heavy atom. The summed E-state index contributed by atoms with van der Waals surface area (Å²) in [5, 5.41) is 3.08. The Bertz CT molecular complexity index is 947. The Kier molecular flexibility index (Phi) is 7.17. The first-order valence-corrected chi connectivity index (χ1v) is 12.3. The minimum Gasteiger partial charge on any atom is -0.458 e. The number of nitrogens with one attached hydrogen (secondary N) is 1. The van der Waals surface area contributed by atoms with Gasteiger partial charge in [0.25, 0.3) is 0 Å². The molecular weight excluding hydrogens is 416 g/mol. The highest BCUT2D eigenvalue weighted by atomic mass is 16.3. The molecular formula is C26H36N4O3. The van der Waals surface area contributed by atoms with Crippen molar-refractivity contribution in [3.63, 3.8) is 0 Å². The zero-order valence-corrected chi connectivity index (χ0v) is 20.0. The first-order valence-electron chi connectivity index (χ1n) is 12.3. The number of unbranched alkanes of at least 4 members (excludes halogenated alkanes) is 1. The molecule has 2 fully saturated rings. The summed E-state index contributed by atoms with van der Waals surface area (Å²) in [6, 6.07) is 9.32. The van der Waals surface area contributed by atoms with Crippen LogP contribution in [0.4, 0.5) is 0 Å². The molecule has 4 heterocycles. The Balaban J connectivity index is 1.43. The van der Waals surface area contributed by atoms with Crippen LogP contribution in [0, 0.1) is 5.92 Å². The smallest absolute Gasteiger partial charge is 0.246 e. The second kappa shape index (κ2) is 10.1. The Hall–Kier alpha value is -2.67. The lowest BCUT2D eigenvalue weighted by Gasteiger charge is -2.51. The zero-order valence-electron chi connectivity index (χ0n) is 20.0. The number of pyridine rings is 1. The molecule has 7 nitrogen and oxygen atoms in total. The van der Waals surface area contributed by atoms with E-state index in [1.807, 2.05) is 35.2 Å². The standard InChI is InChI=1S/C26H36N4O3/c1-4-5-14-30-24(31)22(17-19(2)3)28-25(32)26(30)11-15-29(16-12-26)18-20-9-10-23(33-20)21-8-6-7-13-27-21/h6-10,13,19,22H,4-5,11-12,14-18H2,1-3H3,(H,28,32). The van der Waals surface area contributed by atoms with Gasteiger partial charge in [0.2, 0.25) is 11.8 Å². The molecule has 1 N–H and O–H groups in total. The molecule has 178 valence electrons. The molecule has 2 aliphatic heterocycles. The fourth-order valence-corrected chi connectivity index (χ4v) is 5.06. The molecule has 0 saturated carbocycles. The third kappa shape index (κ3) is 4.98. The van der Waals surface area contributed by atoms with Gasteiger partial charge in [-0.15, -0.1) is 0 Å². The largest absolute Gasteiger partial charge is 0.458 e. The van der Waals surface area contributed by atoms with Crippen molar-refractivity contribution < 1.29 is 14.0 Å². The van der Waals surface area contributed by atoms with E-state index in [0.717, 1.165) is 43.1 Å². The van der Waals surface area contributed by atoms with Crippen LogP contribution in [0.3, 0.4) is 0 Å². The van der Waals surface area contributed by atoms with Gasteiger partial charge in [-0.05, 0) is 55.9 Å². The average Bonchev–Trinajstić information content (AvgIpc) is 3.28. The van der Waals surface area contributed by atoms with Gasteiger partial charge in [-0.3, -0.25) is 19.5 Å². The lowest BCUT2D eigenvalue weighted by molar-refractivity contribution is -0.161. The molecule has 2 saturated heterocycles. The van der Waals surface area contributed by atoms with E-state index < -0.39 is 11.6 Å². The van der Waals surface area contributed by atoms with Gasteiger partial charge >= 0.3 is 0 Å². The minimum atomic E-state index is -0.724. The van der Waals surface area contributed by atoms with Crippen molar-refractivity contribution in [1.29, 1.82) is 0 Å². The van der Waals surface area contributed by atoms with E-state index in [4.69, 9.17) is 4.42 Å². The second-order valence-corrected chi connectivity index (χ2v) is 9.79. The second-order valence-electron chi connectivity index (χ2n) is 9.79. The van der Waals surface area contributed by atoms with Crippen molar-refractivity contribution in [2.75, 3.05) is 19.6 Å². The first-order chi connectivity index (χ1) is 15.9. The summed E-state index contributed by atoms with van der Waals surface area (Å²) in [6.07, 6.45) is 5.66. The predicted octanol–water partition coefficient (Wildman–Crippen LogP) is 3.85. The number of hydrogen-bond donors (Lipinski definition) is 1. The summed E-state index contributed by atoms with van der Waals surface area (Å²) in [5.74, 6) is 2.12. The summed E-state index contributed by atoms with van der Waals surface area (Å²) >= 11 is 0.